The molecule has 0 fully saturated rings. The molecule has 1 unspecified atom stereocenters. The van der Waals surface area contributed by atoms with E-state index in [0.717, 1.165) is 12.1 Å². The van der Waals surface area contributed by atoms with E-state index < -0.39 is 11.9 Å². The molecule has 2 heterocycles. The van der Waals surface area contributed by atoms with Crippen molar-refractivity contribution in [2.45, 2.75) is 25.3 Å². The highest BCUT2D eigenvalue weighted by Crippen LogP contribution is 2.30. The molecule has 0 saturated heterocycles. The second-order valence-corrected chi connectivity index (χ2v) is 5.02. The molecule has 0 radical (unpaired) electrons. The largest absolute Gasteiger partial charge is 0.481 e. The van der Waals surface area contributed by atoms with Gasteiger partial charge in [-0.3, -0.25) is 9.59 Å². The molecule has 0 aliphatic carbocycles. The topological polar surface area (TPSA) is 59.3 Å². The van der Waals surface area contributed by atoms with Crippen LogP contribution in [0.2, 0.25) is 0 Å². The van der Waals surface area contributed by atoms with Crippen molar-refractivity contribution in [2.75, 3.05) is 0 Å². The zero-order chi connectivity index (χ0) is 14.1. The van der Waals surface area contributed by atoms with Gasteiger partial charge in [0.2, 0.25) is 5.78 Å². The molecule has 1 aromatic heterocycles. The van der Waals surface area contributed by atoms with Crippen LogP contribution in [0.1, 0.15) is 40.5 Å². The molecule has 0 spiro atoms. The first-order valence-electron chi connectivity index (χ1n) is 6.70. The van der Waals surface area contributed by atoms with Gasteiger partial charge in [0.25, 0.3) is 0 Å². The molecule has 1 aliphatic rings. The fourth-order valence-corrected chi connectivity index (χ4v) is 2.82. The Morgan fingerprint density at radius 3 is 2.55 bits per heavy atom. The minimum Gasteiger partial charge on any atom is -0.481 e. The van der Waals surface area contributed by atoms with Crippen LogP contribution in [0.15, 0.2) is 42.5 Å². The number of aromatic nitrogens is 1. The van der Waals surface area contributed by atoms with Gasteiger partial charge in [-0.15, -0.1) is 0 Å². The van der Waals surface area contributed by atoms with Gasteiger partial charge in [-0.2, -0.15) is 0 Å². The van der Waals surface area contributed by atoms with Crippen LogP contribution < -0.4 is 0 Å². The summed E-state index contributed by atoms with van der Waals surface area (Å²) in [6, 6.07) is 12.6. The zero-order valence-corrected chi connectivity index (χ0v) is 11.0. The molecular formula is C16H15NO3. The number of aliphatic carboxylic acids is 1. The number of fused-ring (bicyclic) bond motifs is 1. The zero-order valence-electron chi connectivity index (χ0n) is 11.0. The van der Waals surface area contributed by atoms with Gasteiger partial charge in [0, 0.05) is 17.8 Å². The molecule has 1 N–H and O–H groups in total. The maximum atomic E-state index is 12.5. The van der Waals surface area contributed by atoms with E-state index in [2.05, 4.69) is 0 Å². The second kappa shape index (κ2) is 4.96. The van der Waals surface area contributed by atoms with Crippen LogP contribution in [0, 0.1) is 0 Å². The second-order valence-electron chi connectivity index (χ2n) is 5.02. The summed E-state index contributed by atoms with van der Waals surface area (Å²) in [4.78, 5) is 23.8. The quantitative estimate of drug-likeness (QED) is 0.871. The van der Waals surface area contributed by atoms with Crippen LogP contribution >= 0.6 is 0 Å². The molecule has 20 heavy (non-hydrogen) atoms. The van der Waals surface area contributed by atoms with E-state index in [-0.39, 0.29) is 5.78 Å². The van der Waals surface area contributed by atoms with E-state index >= 15 is 0 Å². The summed E-state index contributed by atoms with van der Waals surface area (Å²) in [6.45, 7) is 0.708. The first-order chi connectivity index (χ1) is 9.68. The van der Waals surface area contributed by atoms with Crippen molar-refractivity contribution in [3.63, 3.8) is 0 Å². The van der Waals surface area contributed by atoms with Crippen molar-refractivity contribution in [3.8, 4) is 0 Å². The van der Waals surface area contributed by atoms with E-state index in [0.29, 0.717) is 24.2 Å². The van der Waals surface area contributed by atoms with Gasteiger partial charge >= 0.3 is 5.97 Å². The highest BCUT2D eigenvalue weighted by Gasteiger charge is 2.29. The first kappa shape index (κ1) is 12.7. The molecule has 102 valence electrons. The number of carboxylic acids is 1. The lowest BCUT2D eigenvalue weighted by Gasteiger charge is -2.23. The van der Waals surface area contributed by atoms with Gasteiger partial charge in [-0.25, -0.2) is 0 Å². The average molecular weight is 269 g/mol. The number of carbonyl (C=O) groups is 2. The summed E-state index contributed by atoms with van der Waals surface area (Å²) in [5.41, 5.74) is 1.95. The van der Waals surface area contributed by atoms with Gasteiger partial charge in [-0.05, 0) is 25.0 Å². The molecule has 2 aromatic rings. The van der Waals surface area contributed by atoms with Crippen molar-refractivity contribution in [1.82, 2.24) is 4.57 Å². The van der Waals surface area contributed by atoms with Crippen molar-refractivity contribution in [2.24, 2.45) is 0 Å². The lowest BCUT2D eigenvalue weighted by Crippen LogP contribution is -2.23. The van der Waals surface area contributed by atoms with Crippen molar-refractivity contribution < 1.29 is 14.7 Å². The minimum absolute atomic E-state index is 0.0529. The Morgan fingerprint density at radius 2 is 1.85 bits per heavy atom. The molecule has 4 heteroatoms. The number of rotatable bonds is 3. The minimum atomic E-state index is -0.817. The molecule has 0 amide bonds. The van der Waals surface area contributed by atoms with E-state index in [9.17, 15) is 14.7 Å². The number of hydrogen-bond donors (Lipinski definition) is 1. The number of ketones is 1. The summed E-state index contributed by atoms with van der Waals surface area (Å²) in [7, 11) is 0. The Kier molecular flexibility index (Phi) is 3.14. The van der Waals surface area contributed by atoms with E-state index in [1.165, 1.54) is 0 Å². The highest BCUT2D eigenvalue weighted by molar-refractivity contribution is 6.08. The normalized spacial score (nSPS) is 17.5. The van der Waals surface area contributed by atoms with Crippen LogP contribution in [-0.4, -0.2) is 21.4 Å². The average Bonchev–Trinajstić information content (AvgIpc) is 2.91. The molecule has 4 nitrogen and oxygen atoms in total. The SMILES string of the molecule is O=C(c1ccccc1)c1ccc2n1CCCC2C(=O)O. The smallest absolute Gasteiger partial charge is 0.312 e. The Bertz CT molecular complexity index is 658. The van der Waals surface area contributed by atoms with Crippen LogP contribution in [-0.2, 0) is 11.3 Å². The van der Waals surface area contributed by atoms with Crippen LogP contribution in [0.4, 0.5) is 0 Å². The third kappa shape index (κ3) is 2.03. The molecule has 3 rings (SSSR count). The summed E-state index contributed by atoms with van der Waals surface area (Å²) < 4.78 is 1.86. The lowest BCUT2D eigenvalue weighted by molar-refractivity contribution is -0.139. The highest BCUT2D eigenvalue weighted by atomic mass is 16.4. The Morgan fingerprint density at radius 1 is 1.10 bits per heavy atom. The van der Waals surface area contributed by atoms with Gasteiger partial charge in [-0.1, -0.05) is 30.3 Å². The van der Waals surface area contributed by atoms with E-state index in [1.54, 1.807) is 24.3 Å². The van der Waals surface area contributed by atoms with Crippen LogP contribution in [0.25, 0.3) is 0 Å². The third-order valence-corrected chi connectivity index (χ3v) is 3.81. The number of hydrogen-bond acceptors (Lipinski definition) is 2. The number of carbonyl (C=O) groups excluding carboxylic acids is 1. The van der Waals surface area contributed by atoms with E-state index in [1.807, 2.05) is 22.8 Å². The Balaban J connectivity index is 2.01. The summed E-state index contributed by atoms with van der Waals surface area (Å²) in [5.74, 6) is -1.37. The number of carboxylic acid groups (broad SMARTS) is 1. The summed E-state index contributed by atoms with van der Waals surface area (Å²) in [5, 5.41) is 9.25. The fraction of sp³-hybridized carbons (Fsp3) is 0.250. The Labute approximate surface area is 116 Å². The van der Waals surface area contributed by atoms with Gasteiger partial charge in [0.15, 0.2) is 0 Å². The molecule has 1 aromatic carbocycles. The van der Waals surface area contributed by atoms with Crippen LogP contribution in [0.5, 0.6) is 0 Å². The lowest BCUT2D eigenvalue weighted by atomic mass is 9.96. The molecule has 1 aliphatic heterocycles. The Hall–Kier alpha value is -2.36. The predicted molar refractivity (Wildman–Crippen MR) is 73.9 cm³/mol. The first-order valence-corrected chi connectivity index (χ1v) is 6.70. The number of nitrogens with zero attached hydrogens (tertiary/aromatic N) is 1. The van der Waals surface area contributed by atoms with Crippen molar-refractivity contribution >= 4 is 11.8 Å². The van der Waals surface area contributed by atoms with Crippen LogP contribution in [0.3, 0.4) is 0 Å². The van der Waals surface area contributed by atoms with Gasteiger partial charge in [0.05, 0.1) is 11.6 Å². The fourth-order valence-electron chi connectivity index (χ4n) is 2.82. The van der Waals surface area contributed by atoms with Crippen molar-refractivity contribution in [1.29, 1.82) is 0 Å². The predicted octanol–water partition coefficient (Wildman–Crippen LogP) is 2.68. The standard InChI is InChI=1S/C16H15NO3/c18-15(11-5-2-1-3-6-11)14-9-8-13-12(16(19)20)7-4-10-17(13)14/h1-3,5-6,8-9,12H,4,7,10H2,(H,19,20). The molecule has 0 bridgehead atoms. The summed E-state index contributed by atoms with van der Waals surface area (Å²) in [6.07, 6.45) is 1.42. The number of benzene rings is 1. The molecule has 1 atom stereocenters. The maximum Gasteiger partial charge on any atom is 0.312 e. The maximum absolute atomic E-state index is 12.5. The molecule has 0 saturated carbocycles. The molecular weight excluding hydrogens is 254 g/mol. The third-order valence-electron chi connectivity index (χ3n) is 3.81. The summed E-state index contributed by atoms with van der Waals surface area (Å²) >= 11 is 0. The van der Waals surface area contributed by atoms with Crippen molar-refractivity contribution in [3.05, 3.63) is 59.4 Å². The monoisotopic (exact) mass is 269 g/mol. The van der Waals surface area contributed by atoms with Gasteiger partial charge in [0.1, 0.15) is 0 Å². The van der Waals surface area contributed by atoms with Gasteiger partial charge < -0.3 is 9.67 Å². The van der Waals surface area contributed by atoms with E-state index in [4.69, 9.17) is 0 Å².